The number of rotatable bonds is 5. The zero-order valence-electron chi connectivity index (χ0n) is 9.27. The zero-order chi connectivity index (χ0) is 11.4. The predicted octanol–water partition coefficient (Wildman–Crippen LogP) is 3.50. The van der Waals surface area contributed by atoms with E-state index < -0.39 is 0 Å². The lowest BCUT2D eigenvalue weighted by Gasteiger charge is -1.95. The monoisotopic (exact) mass is 253 g/mol. The third-order valence-electron chi connectivity index (χ3n) is 2.45. The van der Waals surface area contributed by atoms with Crippen molar-refractivity contribution in [3.8, 4) is 10.6 Å². The third kappa shape index (κ3) is 2.70. The Kier molecular flexibility index (Phi) is 4.09. The fraction of sp³-hybridized carbons (Fsp3) is 0.417. The number of thiazole rings is 1. The molecule has 4 heteroatoms. The maximum atomic E-state index is 8.72. The van der Waals surface area contributed by atoms with E-state index in [1.54, 1.807) is 22.7 Å². The quantitative estimate of drug-likeness (QED) is 0.827. The molecule has 2 aromatic heterocycles. The molecule has 2 heterocycles. The summed E-state index contributed by atoms with van der Waals surface area (Å²) in [4.78, 5) is 5.91. The van der Waals surface area contributed by atoms with Gasteiger partial charge in [-0.1, -0.05) is 0 Å². The number of thiophene rings is 1. The van der Waals surface area contributed by atoms with Crippen LogP contribution in [0.2, 0.25) is 0 Å². The summed E-state index contributed by atoms with van der Waals surface area (Å²) in [6.45, 7) is 2.40. The van der Waals surface area contributed by atoms with Gasteiger partial charge in [-0.25, -0.2) is 4.98 Å². The first-order valence-electron chi connectivity index (χ1n) is 5.41. The summed E-state index contributed by atoms with van der Waals surface area (Å²) in [5, 5.41) is 14.1. The van der Waals surface area contributed by atoms with Crippen LogP contribution in [-0.2, 0) is 6.42 Å². The lowest BCUT2D eigenvalue weighted by atomic mass is 10.2. The SMILES string of the molecule is Cc1ccsc1-c1csc(CCCCO)n1. The number of aliphatic hydroxyl groups excluding tert-OH is 1. The first-order valence-corrected chi connectivity index (χ1v) is 7.17. The third-order valence-corrected chi connectivity index (χ3v) is 4.39. The van der Waals surface area contributed by atoms with Gasteiger partial charge >= 0.3 is 0 Å². The molecule has 0 atom stereocenters. The predicted molar refractivity (Wildman–Crippen MR) is 70.2 cm³/mol. The highest BCUT2D eigenvalue weighted by molar-refractivity contribution is 7.14. The maximum absolute atomic E-state index is 8.72. The molecule has 0 aliphatic rings. The Hall–Kier alpha value is -0.710. The van der Waals surface area contributed by atoms with E-state index in [1.165, 1.54) is 15.4 Å². The largest absolute Gasteiger partial charge is 0.396 e. The van der Waals surface area contributed by atoms with Gasteiger partial charge in [-0.3, -0.25) is 0 Å². The van der Waals surface area contributed by atoms with Crippen molar-refractivity contribution >= 4 is 22.7 Å². The fourth-order valence-corrected chi connectivity index (χ4v) is 3.35. The highest BCUT2D eigenvalue weighted by Gasteiger charge is 2.07. The summed E-state index contributed by atoms with van der Waals surface area (Å²) in [7, 11) is 0. The number of aliphatic hydroxyl groups is 1. The van der Waals surface area contributed by atoms with E-state index in [0.29, 0.717) is 0 Å². The van der Waals surface area contributed by atoms with Crippen molar-refractivity contribution in [1.29, 1.82) is 0 Å². The molecule has 0 saturated carbocycles. The minimum atomic E-state index is 0.280. The van der Waals surface area contributed by atoms with Gasteiger partial charge in [0, 0.05) is 12.0 Å². The Morgan fingerprint density at radius 2 is 2.19 bits per heavy atom. The molecule has 16 heavy (non-hydrogen) atoms. The van der Waals surface area contributed by atoms with E-state index in [4.69, 9.17) is 5.11 Å². The molecule has 0 aliphatic heterocycles. The van der Waals surface area contributed by atoms with Crippen molar-refractivity contribution in [2.45, 2.75) is 26.2 Å². The van der Waals surface area contributed by atoms with E-state index >= 15 is 0 Å². The van der Waals surface area contributed by atoms with Crippen LogP contribution in [0.3, 0.4) is 0 Å². The zero-order valence-corrected chi connectivity index (χ0v) is 10.9. The molecule has 2 nitrogen and oxygen atoms in total. The van der Waals surface area contributed by atoms with Gasteiger partial charge in [0.15, 0.2) is 0 Å². The van der Waals surface area contributed by atoms with E-state index in [0.717, 1.165) is 25.0 Å². The van der Waals surface area contributed by atoms with Crippen molar-refractivity contribution in [1.82, 2.24) is 4.98 Å². The summed E-state index contributed by atoms with van der Waals surface area (Å²) in [5.74, 6) is 0. The first kappa shape index (κ1) is 11.8. The Balaban J connectivity index is 2.05. The molecule has 0 saturated heterocycles. The lowest BCUT2D eigenvalue weighted by molar-refractivity contribution is 0.284. The van der Waals surface area contributed by atoms with Crippen LogP contribution in [0.4, 0.5) is 0 Å². The molecule has 0 aromatic carbocycles. The van der Waals surface area contributed by atoms with Crippen LogP contribution in [0.25, 0.3) is 10.6 Å². The van der Waals surface area contributed by atoms with Gasteiger partial charge in [0.05, 0.1) is 15.6 Å². The van der Waals surface area contributed by atoms with E-state index in [-0.39, 0.29) is 6.61 Å². The van der Waals surface area contributed by atoms with Crippen LogP contribution in [-0.4, -0.2) is 16.7 Å². The summed E-state index contributed by atoms with van der Waals surface area (Å²) < 4.78 is 0. The van der Waals surface area contributed by atoms with Crippen LogP contribution in [0.5, 0.6) is 0 Å². The molecule has 0 radical (unpaired) electrons. The number of hydrogen-bond donors (Lipinski definition) is 1. The van der Waals surface area contributed by atoms with Gasteiger partial charge < -0.3 is 5.11 Å². The molecular weight excluding hydrogens is 238 g/mol. The van der Waals surface area contributed by atoms with Crippen molar-refractivity contribution in [2.24, 2.45) is 0 Å². The molecule has 2 aromatic rings. The summed E-state index contributed by atoms with van der Waals surface area (Å²) in [6.07, 6.45) is 2.87. The van der Waals surface area contributed by atoms with E-state index in [1.807, 2.05) is 0 Å². The van der Waals surface area contributed by atoms with Crippen molar-refractivity contribution in [3.05, 3.63) is 27.4 Å². The Bertz CT molecular complexity index is 447. The highest BCUT2D eigenvalue weighted by Crippen LogP contribution is 2.30. The Labute approximate surface area is 104 Å². The second-order valence-corrected chi connectivity index (χ2v) is 5.60. The van der Waals surface area contributed by atoms with E-state index in [2.05, 4.69) is 28.7 Å². The molecule has 0 amide bonds. The molecule has 0 bridgehead atoms. The second-order valence-electron chi connectivity index (χ2n) is 3.74. The Morgan fingerprint density at radius 1 is 1.31 bits per heavy atom. The summed E-state index contributed by atoms with van der Waals surface area (Å²) in [6, 6.07) is 2.13. The molecule has 86 valence electrons. The van der Waals surface area contributed by atoms with Gasteiger partial charge in [-0.15, -0.1) is 22.7 Å². The normalized spacial score (nSPS) is 10.9. The van der Waals surface area contributed by atoms with Crippen LogP contribution < -0.4 is 0 Å². The first-order chi connectivity index (χ1) is 7.81. The maximum Gasteiger partial charge on any atom is 0.0932 e. The summed E-state index contributed by atoms with van der Waals surface area (Å²) in [5.41, 5.74) is 2.41. The van der Waals surface area contributed by atoms with Crippen molar-refractivity contribution in [2.75, 3.05) is 6.61 Å². The van der Waals surface area contributed by atoms with Crippen LogP contribution in [0, 0.1) is 6.92 Å². The number of hydrogen-bond acceptors (Lipinski definition) is 4. The number of aryl methyl sites for hydroxylation is 2. The minimum Gasteiger partial charge on any atom is -0.396 e. The molecular formula is C12H15NOS2. The fourth-order valence-electron chi connectivity index (χ4n) is 1.55. The van der Waals surface area contributed by atoms with Crippen LogP contribution in [0.15, 0.2) is 16.8 Å². The number of unbranched alkanes of at least 4 members (excludes halogenated alkanes) is 1. The smallest absolute Gasteiger partial charge is 0.0932 e. The number of nitrogens with zero attached hydrogens (tertiary/aromatic N) is 1. The molecule has 0 unspecified atom stereocenters. The molecule has 1 N–H and O–H groups in total. The molecule has 0 aliphatic carbocycles. The highest BCUT2D eigenvalue weighted by atomic mass is 32.1. The van der Waals surface area contributed by atoms with Gasteiger partial charge in [-0.05, 0) is 43.2 Å². The summed E-state index contributed by atoms with van der Waals surface area (Å²) >= 11 is 3.47. The van der Waals surface area contributed by atoms with Crippen molar-refractivity contribution in [3.63, 3.8) is 0 Å². The van der Waals surface area contributed by atoms with Crippen LogP contribution >= 0.6 is 22.7 Å². The topological polar surface area (TPSA) is 33.1 Å². The average molecular weight is 253 g/mol. The minimum absolute atomic E-state index is 0.280. The van der Waals surface area contributed by atoms with E-state index in [9.17, 15) is 0 Å². The number of aromatic nitrogens is 1. The van der Waals surface area contributed by atoms with Gasteiger partial charge in [0.25, 0.3) is 0 Å². The lowest BCUT2D eigenvalue weighted by Crippen LogP contribution is -1.88. The standard InChI is InChI=1S/C12H15NOS2/c1-9-5-7-15-12(9)10-8-16-11(13-10)4-2-3-6-14/h5,7-8,14H,2-4,6H2,1H3. The molecule has 2 rings (SSSR count). The Morgan fingerprint density at radius 3 is 2.88 bits per heavy atom. The van der Waals surface area contributed by atoms with Gasteiger partial charge in [0.2, 0.25) is 0 Å². The molecule has 0 fully saturated rings. The average Bonchev–Trinajstić information content (AvgIpc) is 2.87. The second kappa shape index (κ2) is 5.57. The van der Waals surface area contributed by atoms with Gasteiger partial charge in [0.1, 0.15) is 0 Å². The molecule has 0 spiro atoms. The van der Waals surface area contributed by atoms with Gasteiger partial charge in [-0.2, -0.15) is 0 Å². The van der Waals surface area contributed by atoms with Crippen molar-refractivity contribution < 1.29 is 5.11 Å². The van der Waals surface area contributed by atoms with Crippen LogP contribution in [0.1, 0.15) is 23.4 Å².